The van der Waals surface area contributed by atoms with Crippen LogP contribution in [-0.4, -0.2) is 23.2 Å². The van der Waals surface area contributed by atoms with Gasteiger partial charge in [-0.2, -0.15) is 0 Å². The highest BCUT2D eigenvalue weighted by molar-refractivity contribution is 9.14. The number of hydrogen-bond donors (Lipinski definition) is 0. The molecule has 0 aromatic heterocycles. The van der Waals surface area contributed by atoms with E-state index in [0.29, 0.717) is 0 Å². The van der Waals surface area contributed by atoms with Crippen LogP contribution >= 0.6 is 27.7 Å². The van der Waals surface area contributed by atoms with E-state index in [0.717, 1.165) is 18.3 Å². The largest absolute Gasteiger partial charge is 0.317 e. The van der Waals surface area contributed by atoms with E-state index < -0.39 is 0 Å². The first-order valence-corrected chi connectivity index (χ1v) is 8.46. The Morgan fingerprint density at radius 1 is 1.16 bits per heavy atom. The second-order valence-electron chi connectivity index (χ2n) is 5.23. The molecule has 0 radical (unpaired) electrons. The highest BCUT2D eigenvalue weighted by Crippen LogP contribution is 2.45. The highest BCUT2D eigenvalue weighted by Gasteiger charge is 2.32. The highest BCUT2D eigenvalue weighted by atomic mass is 79.9. The molecule has 0 fully saturated rings. The SMILES string of the molecule is BrC1=C(c2ccc3c(c2)CCCC3)N2CCN=C2S1. The Morgan fingerprint density at radius 3 is 2.89 bits per heavy atom. The first kappa shape index (κ1) is 12.0. The van der Waals surface area contributed by atoms with Gasteiger partial charge in [0.15, 0.2) is 5.17 Å². The molecule has 0 saturated carbocycles. The molecule has 19 heavy (non-hydrogen) atoms. The van der Waals surface area contributed by atoms with Crippen molar-refractivity contribution < 1.29 is 0 Å². The molecule has 1 aromatic rings. The summed E-state index contributed by atoms with van der Waals surface area (Å²) in [7, 11) is 0. The summed E-state index contributed by atoms with van der Waals surface area (Å²) in [5.74, 6) is 0. The molecule has 2 nitrogen and oxygen atoms in total. The molecule has 0 spiro atoms. The molecule has 4 heteroatoms. The lowest BCUT2D eigenvalue weighted by atomic mass is 9.90. The molecule has 98 valence electrons. The van der Waals surface area contributed by atoms with Gasteiger partial charge < -0.3 is 4.90 Å². The summed E-state index contributed by atoms with van der Waals surface area (Å²) < 4.78 is 1.21. The molecule has 1 aliphatic carbocycles. The van der Waals surface area contributed by atoms with E-state index in [1.54, 1.807) is 22.9 Å². The minimum atomic E-state index is 0.928. The van der Waals surface area contributed by atoms with Gasteiger partial charge in [0.2, 0.25) is 0 Å². The van der Waals surface area contributed by atoms with Gasteiger partial charge in [-0.3, -0.25) is 4.99 Å². The molecule has 4 rings (SSSR count). The molecule has 3 aliphatic rings. The molecule has 0 saturated heterocycles. The molecular formula is C15H15BrN2S. The number of hydrogen-bond acceptors (Lipinski definition) is 3. The molecule has 0 bridgehead atoms. The van der Waals surface area contributed by atoms with Gasteiger partial charge in [0.05, 0.1) is 16.1 Å². The number of fused-ring (bicyclic) bond motifs is 2. The average molecular weight is 335 g/mol. The molecule has 0 N–H and O–H groups in total. The minimum Gasteiger partial charge on any atom is -0.317 e. The molecular weight excluding hydrogens is 320 g/mol. The van der Waals surface area contributed by atoms with E-state index >= 15 is 0 Å². The maximum Gasteiger partial charge on any atom is 0.169 e. The minimum absolute atomic E-state index is 0.928. The van der Waals surface area contributed by atoms with Gasteiger partial charge in [0, 0.05) is 12.1 Å². The van der Waals surface area contributed by atoms with Crippen molar-refractivity contribution in [1.82, 2.24) is 4.90 Å². The van der Waals surface area contributed by atoms with Crippen molar-refractivity contribution in [2.24, 2.45) is 4.99 Å². The van der Waals surface area contributed by atoms with Crippen LogP contribution in [0.3, 0.4) is 0 Å². The van der Waals surface area contributed by atoms with Crippen LogP contribution in [-0.2, 0) is 12.8 Å². The Labute approximate surface area is 126 Å². The van der Waals surface area contributed by atoms with Gasteiger partial charge in [0.1, 0.15) is 0 Å². The normalized spacial score (nSPS) is 21.5. The third-order valence-corrected chi connectivity index (χ3v) is 5.83. The van der Waals surface area contributed by atoms with Crippen LogP contribution in [0, 0.1) is 0 Å². The van der Waals surface area contributed by atoms with Crippen molar-refractivity contribution in [2.45, 2.75) is 25.7 Å². The lowest BCUT2D eigenvalue weighted by Gasteiger charge is -2.20. The standard InChI is InChI=1S/C15H15BrN2S/c16-14-13(18-8-7-17-15(18)19-14)12-6-5-10-3-1-2-4-11(10)9-12/h5-6,9H,1-4,7-8H2. The van der Waals surface area contributed by atoms with Gasteiger partial charge in [0.25, 0.3) is 0 Å². The maximum absolute atomic E-state index is 4.55. The Morgan fingerprint density at radius 2 is 2.00 bits per heavy atom. The number of nitrogens with zero attached hydrogens (tertiary/aromatic N) is 2. The molecule has 0 amide bonds. The Kier molecular flexibility index (Phi) is 2.96. The van der Waals surface area contributed by atoms with E-state index in [1.807, 2.05) is 0 Å². The van der Waals surface area contributed by atoms with Gasteiger partial charge in [-0.15, -0.1) is 0 Å². The lowest BCUT2D eigenvalue weighted by Crippen LogP contribution is -2.20. The number of rotatable bonds is 1. The number of thioether (sulfide) groups is 1. The van der Waals surface area contributed by atoms with Crippen LogP contribution in [0.15, 0.2) is 27.0 Å². The number of aryl methyl sites for hydroxylation is 2. The monoisotopic (exact) mass is 334 g/mol. The smallest absolute Gasteiger partial charge is 0.169 e. The Balaban J connectivity index is 1.76. The number of halogens is 1. The van der Waals surface area contributed by atoms with Crippen molar-refractivity contribution in [2.75, 3.05) is 13.1 Å². The van der Waals surface area contributed by atoms with Crippen LogP contribution in [0.2, 0.25) is 0 Å². The summed E-state index contributed by atoms with van der Waals surface area (Å²) in [6, 6.07) is 7.00. The van der Waals surface area contributed by atoms with E-state index in [2.05, 4.69) is 44.0 Å². The van der Waals surface area contributed by atoms with E-state index in [9.17, 15) is 0 Å². The van der Waals surface area contributed by atoms with Gasteiger partial charge >= 0.3 is 0 Å². The molecule has 1 aromatic carbocycles. The summed E-state index contributed by atoms with van der Waals surface area (Å²) in [6.07, 6.45) is 5.17. The maximum atomic E-state index is 4.55. The van der Waals surface area contributed by atoms with E-state index in [4.69, 9.17) is 0 Å². The van der Waals surface area contributed by atoms with Crippen LogP contribution in [0.1, 0.15) is 29.5 Å². The predicted molar refractivity (Wildman–Crippen MR) is 85.5 cm³/mol. The van der Waals surface area contributed by atoms with Gasteiger partial charge in [-0.05, 0) is 70.6 Å². The summed E-state index contributed by atoms with van der Waals surface area (Å²) in [5, 5.41) is 1.15. The number of aliphatic imine (C=N–C) groups is 1. The van der Waals surface area contributed by atoms with Crippen LogP contribution in [0.5, 0.6) is 0 Å². The van der Waals surface area contributed by atoms with Crippen LogP contribution in [0.25, 0.3) is 5.70 Å². The second kappa shape index (κ2) is 4.67. The third-order valence-electron chi connectivity index (χ3n) is 4.06. The molecule has 2 heterocycles. The van der Waals surface area contributed by atoms with Crippen molar-refractivity contribution >= 4 is 38.6 Å². The third kappa shape index (κ3) is 1.96. The molecule has 2 aliphatic heterocycles. The summed E-state index contributed by atoms with van der Waals surface area (Å²) in [6.45, 7) is 1.95. The lowest BCUT2D eigenvalue weighted by molar-refractivity contribution is 0.648. The van der Waals surface area contributed by atoms with Crippen molar-refractivity contribution in [3.63, 3.8) is 0 Å². The predicted octanol–water partition coefficient (Wildman–Crippen LogP) is 4.00. The fourth-order valence-electron chi connectivity index (χ4n) is 3.11. The second-order valence-corrected chi connectivity index (χ2v) is 7.53. The zero-order valence-corrected chi connectivity index (χ0v) is 13.1. The summed E-state index contributed by atoms with van der Waals surface area (Å²) in [4.78, 5) is 6.89. The fraction of sp³-hybridized carbons (Fsp3) is 0.400. The van der Waals surface area contributed by atoms with Crippen molar-refractivity contribution in [3.05, 3.63) is 38.7 Å². The van der Waals surface area contributed by atoms with E-state index in [1.165, 1.54) is 40.8 Å². The van der Waals surface area contributed by atoms with Gasteiger partial charge in [-0.1, -0.05) is 12.1 Å². The topological polar surface area (TPSA) is 15.6 Å². The van der Waals surface area contributed by atoms with Crippen LogP contribution < -0.4 is 0 Å². The first-order chi connectivity index (χ1) is 9.33. The zero-order chi connectivity index (χ0) is 12.8. The first-order valence-electron chi connectivity index (χ1n) is 6.85. The van der Waals surface area contributed by atoms with Crippen molar-refractivity contribution in [1.29, 1.82) is 0 Å². The molecule has 0 atom stereocenters. The fourth-order valence-corrected chi connectivity index (χ4v) is 4.92. The van der Waals surface area contributed by atoms with Crippen LogP contribution in [0.4, 0.5) is 0 Å². The number of amidine groups is 1. The number of benzene rings is 1. The Bertz CT molecular complexity index is 606. The summed E-state index contributed by atoms with van der Waals surface area (Å²) >= 11 is 5.46. The Hall–Kier alpha value is -0.740. The zero-order valence-electron chi connectivity index (χ0n) is 10.7. The van der Waals surface area contributed by atoms with E-state index in [-0.39, 0.29) is 0 Å². The molecule has 0 unspecified atom stereocenters. The van der Waals surface area contributed by atoms with Gasteiger partial charge in [-0.25, -0.2) is 0 Å². The quantitative estimate of drug-likeness (QED) is 0.771. The van der Waals surface area contributed by atoms with Crippen molar-refractivity contribution in [3.8, 4) is 0 Å². The summed E-state index contributed by atoms with van der Waals surface area (Å²) in [5.41, 5.74) is 5.75. The average Bonchev–Trinajstić information content (AvgIpc) is 2.98.